The second-order valence-electron chi connectivity index (χ2n) is 5.95. The zero-order valence-electron chi connectivity index (χ0n) is 14.3. The summed E-state index contributed by atoms with van der Waals surface area (Å²) in [6, 6.07) is -0.718. The zero-order chi connectivity index (χ0) is 16.6. The highest BCUT2D eigenvalue weighted by Crippen LogP contribution is 2.20. The summed E-state index contributed by atoms with van der Waals surface area (Å²) in [5.41, 5.74) is -0.641. The molecular weight excluding hydrogens is 274 g/mol. The summed E-state index contributed by atoms with van der Waals surface area (Å²) >= 11 is 0. The van der Waals surface area contributed by atoms with Crippen LogP contribution >= 0.6 is 0 Å². The van der Waals surface area contributed by atoms with Gasteiger partial charge >= 0.3 is 12.1 Å². The molecule has 0 radical (unpaired) electrons. The van der Waals surface area contributed by atoms with Gasteiger partial charge in [-0.3, -0.25) is 4.90 Å². The quantitative estimate of drug-likeness (QED) is 0.534. The highest BCUT2D eigenvalue weighted by Gasteiger charge is 2.37. The fraction of sp³-hybridized carbons (Fsp3) is 0.867. The van der Waals surface area contributed by atoms with Gasteiger partial charge in [-0.15, -0.1) is 0 Å². The third kappa shape index (κ3) is 6.80. The maximum Gasteiger partial charge on any atom is 0.412 e. The highest BCUT2D eigenvalue weighted by molar-refractivity contribution is 5.81. The Bertz CT molecular complexity index is 337. The van der Waals surface area contributed by atoms with Crippen LogP contribution in [0.3, 0.4) is 0 Å². The highest BCUT2D eigenvalue weighted by atomic mass is 16.6. The fourth-order valence-electron chi connectivity index (χ4n) is 1.82. The lowest BCUT2D eigenvalue weighted by Gasteiger charge is -2.34. The molecule has 0 rings (SSSR count). The molecule has 0 heterocycles. The Balaban J connectivity index is 5.30. The molecule has 0 aliphatic carbocycles. The van der Waals surface area contributed by atoms with Gasteiger partial charge in [-0.05, 0) is 33.6 Å². The van der Waals surface area contributed by atoms with Gasteiger partial charge in [-0.2, -0.15) is 0 Å². The van der Waals surface area contributed by atoms with Crippen LogP contribution in [0.15, 0.2) is 0 Å². The topological polar surface area (TPSA) is 65.1 Å². The fourth-order valence-corrected chi connectivity index (χ4v) is 1.82. The van der Waals surface area contributed by atoms with Crippen molar-refractivity contribution in [2.24, 2.45) is 5.92 Å². The summed E-state index contributed by atoms with van der Waals surface area (Å²) in [7, 11) is 1.47. The molecule has 0 aromatic heterocycles. The lowest BCUT2D eigenvalue weighted by Crippen LogP contribution is -2.51. The van der Waals surface area contributed by atoms with Gasteiger partial charge in [0.1, 0.15) is 18.4 Å². The smallest absolute Gasteiger partial charge is 0.412 e. The maximum atomic E-state index is 12.3. The van der Waals surface area contributed by atoms with Crippen LogP contribution in [0.25, 0.3) is 0 Å². The first-order valence-electron chi connectivity index (χ1n) is 7.33. The number of hydrogen-bond acceptors (Lipinski definition) is 5. The Morgan fingerprint density at radius 2 is 1.76 bits per heavy atom. The summed E-state index contributed by atoms with van der Waals surface area (Å²) in [6.07, 6.45) is 0.148. The lowest BCUT2D eigenvalue weighted by molar-refractivity contribution is -0.153. The van der Waals surface area contributed by atoms with Crippen LogP contribution in [0.5, 0.6) is 0 Å². The Morgan fingerprint density at radius 3 is 2.14 bits per heavy atom. The van der Waals surface area contributed by atoms with Crippen molar-refractivity contribution in [2.75, 3.05) is 20.4 Å². The first-order valence-corrected chi connectivity index (χ1v) is 7.33. The van der Waals surface area contributed by atoms with Crippen LogP contribution in [-0.2, 0) is 19.0 Å². The Hall–Kier alpha value is -1.30. The summed E-state index contributed by atoms with van der Waals surface area (Å²) < 4.78 is 15.5. The molecule has 0 aliphatic heterocycles. The molecule has 0 fully saturated rings. The molecule has 0 aromatic carbocycles. The van der Waals surface area contributed by atoms with Gasteiger partial charge in [0.05, 0.1) is 6.61 Å². The molecule has 0 spiro atoms. The number of methoxy groups -OCH3 is 1. The second-order valence-corrected chi connectivity index (χ2v) is 5.95. The van der Waals surface area contributed by atoms with Crippen molar-refractivity contribution in [3.8, 4) is 0 Å². The maximum absolute atomic E-state index is 12.3. The van der Waals surface area contributed by atoms with Gasteiger partial charge in [-0.1, -0.05) is 20.3 Å². The molecule has 0 unspecified atom stereocenters. The van der Waals surface area contributed by atoms with Crippen molar-refractivity contribution in [3.63, 3.8) is 0 Å². The van der Waals surface area contributed by atoms with Gasteiger partial charge in [0.15, 0.2) is 0 Å². The molecule has 0 saturated heterocycles. The van der Waals surface area contributed by atoms with Crippen LogP contribution < -0.4 is 0 Å². The molecule has 0 aliphatic rings. The van der Waals surface area contributed by atoms with E-state index < -0.39 is 23.7 Å². The van der Waals surface area contributed by atoms with Crippen LogP contribution in [0.2, 0.25) is 0 Å². The summed E-state index contributed by atoms with van der Waals surface area (Å²) in [5, 5.41) is 0. The van der Waals surface area contributed by atoms with E-state index in [1.165, 1.54) is 12.0 Å². The first kappa shape index (κ1) is 19.7. The molecule has 21 heavy (non-hydrogen) atoms. The average Bonchev–Trinajstić information content (AvgIpc) is 2.36. The van der Waals surface area contributed by atoms with Crippen molar-refractivity contribution >= 4 is 12.1 Å². The number of hydrogen-bond donors (Lipinski definition) is 0. The van der Waals surface area contributed by atoms with E-state index in [9.17, 15) is 9.59 Å². The Kier molecular flexibility index (Phi) is 8.32. The SMILES string of the molecule is CCOC(=O)[C@@H]([C@H](C)CC)N(COC)C(=O)OC(C)(C)C. The van der Waals surface area contributed by atoms with Crippen molar-refractivity contribution in [1.29, 1.82) is 0 Å². The van der Waals surface area contributed by atoms with E-state index in [2.05, 4.69) is 0 Å². The van der Waals surface area contributed by atoms with E-state index in [0.29, 0.717) is 0 Å². The largest absolute Gasteiger partial charge is 0.464 e. The van der Waals surface area contributed by atoms with Gasteiger partial charge in [0, 0.05) is 7.11 Å². The molecule has 0 bridgehead atoms. The lowest BCUT2D eigenvalue weighted by atomic mass is 9.98. The van der Waals surface area contributed by atoms with Crippen molar-refractivity contribution in [3.05, 3.63) is 0 Å². The molecule has 0 N–H and O–H groups in total. The van der Waals surface area contributed by atoms with Gasteiger partial charge in [-0.25, -0.2) is 9.59 Å². The number of esters is 1. The number of rotatable bonds is 7. The number of amides is 1. The van der Waals surface area contributed by atoms with E-state index in [-0.39, 0.29) is 19.3 Å². The van der Waals surface area contributed by atoms with Gasteiger partial charge in [0.2, 0.25) is 0 Å². The Morgan fingerprint density at radius 1 is 1.19 bits per heavy atom. The molecule has 0 aromatic rings. The van der Waals surface area contributed by atoms with Crippen molar-refractivity contribution < 1.29 is 23.8 Å². The van der Waals surface area contributed by atoms with Crippen LogP contribution in [0.1, 0.15) is 48.0 Å². The molecule has 124 valence electrons. The molecule has 6 heteroatoms. The second kappa shape index (κ2) is 8.87. The van der Waals surface area contributed by atoms with E-state index in [1.807, 2.05) is 13.8 Å². The standard InChI is InChI=1S/C15H29NO5/c1-8-11(3)12(13(17)20-9-2)16(10-19-7)14(18)21-15(4,5)6/h11-12H,8-10H2,1-7H3/t11-,12-/m1/s1. The third-order valence-corrected chi connectivity index (χ3v) is 2.94. The first-order chi connectivity index (χ1) is 9.67. The minimum Gasteiger partial charge on any atom is -0.464 e. The Labute approximate surface area is 127 Å². The van der Waals surface area contributed by atoms with Crippen LogP contribution in [-0.4, -0.2) is 49.1 Å². The van der Waals surface area contributed by atoms with E-state index in [0.717, 1.165) is 6.42 Å². The molecule has 6 nitrogen and oxygen atoms in total. The van der Waals surface area contributed by atoms with E-state index >= 15 is 0 Å². The van der Waals surface area contributed by atoms with Crippen molar-refractivity contribution in [2.45, 2.75) is 59.6 Å². The monoisotopic (exact) mass is 303 g/mol. The van der Waals surface area contributed by atoms with Gasteiger partial charge in [0.25, 0.3) is 0 Å². The molecule has 0 saturated carbocycles. The third-order valence-electron chi connectivity index (χ3n) is 2.94. The number of ether oxygens (including phenoxy) is 3. The van der Waals surface area contributed by atoms with Gasteiger partial charge < -0.3 is 14.2 Å². The van der Waals surface area contributed by atoms with E-state index in [1.54, 1.807) is 27.7 Å². The summed E-state index contributed by atoms with van der Waals surface area (Å²) in [5.74, 6) is -0.499. The number of carbonyl (C=O) groups excluding carboxylic acids is 2. The number of nitrogens with zero attached hydrogens (tertiary/aromatic N) is 1. The predicted molar refractivity (Wildman–Crippen MR) is 79.8 cm³/mol. The summed E-state index contributed by atoms with van der Waals surface area (Å²) in [6.45, 7) is 11.2. The molecule has 2 atom stereocenters. The molecule has 1 amide bonds. The minimum atomic E-state index is -0.718. The normalized spacial score (nSPS) is 14.2. The number of carbonyl (C=O) groups is 2. The summed E-state index contributed by atoms with van der Waals surface area (Å²) in [4.78, 5) is 25.8. The van der Waals surface area contributed by atoms with Crippen LogP contribution in [0.4, 0.5) is 4.79 Å². The predicted octanol–water partition coefficient (Wildman–Crippen LogP) is 2.81. The van der Waals surface area contributed by atoms with E-state index in [4.69, 9.17) is 14.2 Å². The zero-order valence-corrected chi connectivity index (χ0v) is 14.3. The molecular formula is C15H29NO5. The van der Waals surface area contributed by atoms with Crippen LogP contribution in [0, 0.1) is 5.92 Å². The average molecular weight is 303 g/mol. The van der Waals surface area contributed by atoms with Crippen molar-refractivity contribution in [1.82, 2.24) is 4.90 Å². The minimum absolute atomic E-state index is 0.0251.